The van der Waals surface area contributed by atoms with Gasteiger partial charge in [0.1, 0.15) is 0 Å². The van der Waals surface area contributed by atoms with E-state index in [9.17, 15) is 8.42 Å². The van der Waals surface area contributed by atoms with Gasteiger partial charge in [0.25, 0.3) is 0 Å². The summed E-state index contributed by atoms with van der Waals surface area (Å²) >= 11 is 0. The number of anilines is 1. The SMILES string of the molecule is CNS(=O)(=O)c1ccc(NC(C)Cn2cccn2)cc1. The summed E-state index contributed by atoms with van der Waals surface area (Å²) in [7, 11) is -1.98. The zero-order valence-electron chi connectivity index (χ0n) is 11.4. The molecule has 2 N–H and O–H groups in total. The minimum absolute atomic E-state index is 0.182. The first kappa shape index (κ1) is 14.5. The van der Waals surface area contributed by atoms with Crippen molar-refractivity contribution in [2.75, 3.05) is 12.4 Å². The summed E-state index contributed by atoms with van der Waals surface area (Å²) in [5.41, 5.74) is 0.875. The van der Waals surface area contributed by atoms with Crippen molar-refractivity contribution in [3.05, 3.63) is 42.7 Å². The van der Waals surface area contributed by atoms with E-state index in [2.05, 4.69) is 15.1 Å². The summed E-state index contributed by atoms with van der Waals surface area (Å²) in [5.74, 6) is 0. The highest BCUT2D eigenvalue weighted by atomic mass is 32.2. The van der Waals surface area contributed by atoms with Gasteiger partial charge in [-0.1, -0.05) is 0 Å². The molecule has 0 radical (unpaired) electrons. The lowest BCUT2D eigenvalue weighted by atomic mass is 10.2. The predicted molar refractivity (Wildman–Crippen MR) is 78.0 cm³/mol. The van der Waals surface area contributed by atoms with Gasteiger partial charge in [0.05, 0.1) is 11.4 Å². The molecule has 6 nitrogen and oxygen atoms in total. The van der Waals surface area contributed by atoms with Crippen molar-refractivity contribution in [3.8, 4) is 0 Å². The Kier molecular flexibility index (Phi) is 4.41. The molecule has 0 aliphatic rings. The lowest BCUT2D eigenvalue weighted by molar-refractivity contribution is 0.561. The maximum absolute atomic E-state index is 11.6. The van der Waals surface area contributed by atoms with Crippen molar-refractivity contribution in [2.45, 2.75) is 24.4 Å². The van der Waals surface area contributed by atoms with E-state index in [4.69, 9.17) is 0 Å². The Bertz CT molecular complexity index is 636. The first-order valence-corrected chi connectivity index (χ1v) is 7.77. The van der Waals surface area contributed by atoms with Crippen LogP contribution >= 0.6 is 0 Å². The van der Waals surface area contributed by atoms with E-state index in [1.54, 1.807) is 30.5 Å². The summed E-state index contributed by atoms with van der Waals surface area (Å²) in [4.78, 5) is 0.255. The first-order valence-electron chi connectivity index (χ1n) is 6.29. The van der Waals surface area contributed by atoms with Gasteiger partial charge in [-0.15, -0.1) is 0 Å². The topological polar surface area (TPSA) is 76.0 Å². The fraction of sp³-hybridized carbons (Fsp3) is 0.308. The Morgan fingerprint density at radius 3 is 2.55 bits per heavy atom. The molecule has 2 aromatic rings. The number of nitrogens with zero attached hydrogens (tertiary/aromatic N) is 2. The van der Waals surface area contributed by atoms with Crippen LogP contribution in [0.1, 0.15) is 6.92 Å². The third-order valence-electron chi connectivity index (χ3n) is 2.87. The molecule has 1 aromatic heterocycles. The molecule has 7 heteroatoms. The molecule has 0 spiro atoms. The van der Waals surface area contributed by atoms with Crippen LogP contribution in [0.2, 0.25) is 0 Å². The van der Waals surface area contributed by atoms with Gasteiger partial charge in [-0.2, -0.15) is 5.10 Å². The lowest BCUT2D eigenvalue weighted by Crippen LogP contribution is -2.22. The fourth-order valence-electron chi connectivity index (χ4n) is 1.87. The second kappa shape index (κ2) is 6.06. The molecule has 0 aliphatic carbocycles. The fourth-order valence-corrected chi connectivity index (χ4v) is 2.60. The average molecular weight is 294 g/mol. The zero-order chi connectivity index (χ0) is 14.6. The van der Waals surface area contributed by atoms with Gasteiger partial charge in [0, 0.05) is 24.1 Å². The van der Waals surface area contributed by atoms with Gasteiger partial charge in [-0.3, -0.25) is 4.68 Å². The van der Waals surface area contributed by atoms with Crippen LogP contribution < -0.4 is 10.0 Å². The van der Waals surface area contributed by atoms with Crippen molar-refractivity contribution in [2.24, 2.45) is 0 Å². The Hall–Kier alpha value is -1.86. The first-order chi connectivity index (χ1) is 9.51. The molecule has 1 aromatic carbocycles. The molecule has 0 aliphatic heterocycles. The number of aromatic nitrogens is 2. The Morgan fingerprint density at radius 1 is 1.30 bits per heavy atom. The van der Waals surface area contributed by atoms with E-state index >= 15 is 0 Å². The van der Waals surface area contributed by atoms with Crippen LogP contribution in [0.4, 0.5) is 5.69 Å². The molecule has 1 atom stereocenters. The summed E-state index contributed by atoms with van der Waals surface area (Å²) in [6.45, 7) is 2.78. The van der Waals surface area contributed by atoms with Gasteiger partial charge in [-0.25, -0.2) is 13.1 Å². The van der Waals surface area contributed by atoms with Crippen molar-refractivity contribution in [3.63, 3.8) is 0 Å². The van der Waals surface area contributed by atoms with Crippen LogP contribution in [0.5, 0.6) is 0 Å². The summed E-state index contributed by atoms with van der Waals surface area (Å²) in [6.07, 6.45) is 3.64. The molecule has 0 saturated heterocycles. The van der Waals surface area contributed by atoms with Crippen LogP contribution in [0.15, 0.2) is 47.6 Å². The highest BCUT2D eigenvalue weighted by Gasteiger charge is 2.11. The van der Waals surface area contributed by atoms with Gasteiger partial charge < -0.3 is 5.32 Å². The van der Waals surface area contributed by atoms with Crippen molar-refractivity contribution in [1.82, 2.24) is 14.5 Å². The second-order valence-electron chi connectivity index (χ2n) is 4.51. The second-order valence-corrected chi connectivity index (χ2v) is 6.39. The lowest BCUT2D eigenvalue weighted by Gasteiger charge is -2.15. The molecule has 0 amide bonds. The number of sulfonamides is 1. The van der Waals surface area contributed by atoms with E-state index in [-0.39, 0.29) is 10.9 Å². The van der Waals surface area contributed by atoms with Crippen LogP contribution in [0.3, 0.4) is 0 Å². The Morgan fingerprint density at radius 2 is 2.00 bits per heavy atom. The zero-order valence-corrected chi connectivity index (χ0v) is 12.3. The normalized spacial score (nSPS) is 13.1. The third-order valence-corrected chi connectivity index (χ3v) is 4.30. The number of rotatable bonds is 6. The van der Waals surface area contributed by atoms with Crippen molar-refractivity contribution >= 4 is 15.7 Å². The Balaban J connectivity index is 2.00. The standard InChI is InChI=1S/C13H18N4O2S/c1-11(10-17-9-3-8-15-17)16-12-4-6-13(7-5-12)20(18,19)14-2/h3-9,11,14,16H,10H2,1-2H3. The van der Waals surface area contributed by atoms with Crippen LogP contribution in [-0.2, 0) is 16.6 Å². The number of hydrogen-bond acceptors (Lipinski definition) is 4. The van der Waals surface area contributed by atoms with Gasteiger partial charge in [-0.05, 0) is 44.3 Å². The molecule has 2 rings (SSSR count). The molecule has 20 heavy (non-hydrogen) atoms. The minimum atomic E-state index is -3.38. The van der Waals surface area contributed by atoms with Gasteiger partial charge in [0.2, 0.25) is 10.0 Å². The molecular weight excluding hydrogens is 276 g/mol. The highest BCUT2D eigenvalue weighted by Crippen LogP contribution is 2.14. The van der Waals surface area contributed by atoms with Gasteiger partial charge in [0.15, 0.2) is 0 Å². The number of benzene rings is 1. The maximum atomic E-state index is 11.6. The molecule has 0 bridgehead atoms. The molecule has 0 saturated carbocycles. The summed E-state index contributed by atoms with van der Waals surface area (Å²) in [6, 6.07) is 8.73. The van der Waals surface area contributed by atoms with E-state index < -0.39 is 10.0 Å². The largest absolute Gasteiger partial charge is 0.381 e. The van der Waals surface area contributed by atoms with E-state index in [1.165, 1.54) is 7.05 Å². The van der Waals surface area contributed by atoms with Crippen LogP contribution in [0.25, 0.3) is 0 Å². The average Bonchev–Trinajstić information content (AvgIpc) is 2.92. The quantitative estimate of drug-likeness (QED) is 0.842. The van der Waals surface area contributed by atoms with Crippen molar-refractivity contribution in [1.29, 1.82) is 0 Å². The predicted octanol–water partition coefficient (Wildman–Crippen LogP) is 1.29. The molecule has 1 unspecified atom stereocenters. The summed E-state index contributed by atoms with van der Waals surface area (Å²) in [5, 5.41) is 7.45. The van der Waals surface area contributed by atoms with Crippen LogP contribution in [0, 0.1) is 0 Å². The van der Waals surface area contributed by atoms with Crippen molar-refractivity contribution < 1.29 is 8.42 Å². The third kappa shape index (κ3) is 3.58. The monoisotopic (exact) mass is 294 g/mol. The van der Waals surface area contributed by atoms with E-state index in [1.807, 2.05) is 23.9 Å². The number of hydrogen-bond donors (Lipinski definition) is 2. The highest BCUT2D eigenvalue weighted by molar-refractivity contribution is 7.89. The smallest absolute Gasteiger partial charge is 0.240 e. The van der Waals surface area contributed by atoms with Gasteiger partial charge >= 0.3 is 0 Å². The molecular formula is C13H18N4O2S. The van der Waals surface area contributed by atoms with Crippen LogP contribution in [-0.4, -0.2) is 31.3 Å². The molecule has 108 valence electrons. The summed E-state index contributed by atoms with van der Waals surface area (Å²) < 4.78 is 27.3. The van der Waals surface area contributed by atoms with E-state index in [0.29, 0.717) is 0 Å². The minimum Gasteiger partial charge on any atom is -0.381 e. The molecule has 0 fully saturated rings. The maximum Gasteiger partial charge on any atom is 0.240 e. The Labute approximate surface area is 118 Å². The van der Waals surface area contributed by atoms with E-state index in [0.717, 1.165) is 12.2 Å². The molecule has 1 heterocycles. The number of nitrogens with one attached hydrogen (secondary N) is 2.